The molecular weight excluding hydrogens is 248 g/mol. The fourth-order valence-electron chi connectivity index (χ4n) is 2.22. The Hall–Kier alpha value is -1.20. The minimum Gasteiger partial charge on any atom is -0.497 e. The summed E-state index contributed by atoms with van der Waals surface area (Å²) < 4.78 is 5.19. The Kier molecular flexibility index (Phi) is 3.82. The predicted octanol–water partition coefficient (Wildman–Crippen LogP) is 1.52. The minimum atomic E-state index is -0.823. The van der Waals surface area contributed by atoms with Gasteiger partial charge < -0.3 is 16.2 Å². The maximum Gasteiger partial charge on any atom is 0.237 e. The molecule has 2 rings (SSSR count). The number of carbonyl (C=O) groups excluding carboxylic acids is 1. The normalized spacial score (nSPS) is 27.1. The summed E-state index contributed by atoms with van der Waals surface area (Å²) in [5.41, 5.74) is 10.5. The van der Waals surface area contributed by atoms with E-state index in [1.807, 2.05) is 24.3 Å². The van der Waals surface area contributed by atoms with Crippen LogP contribution in [0.2, 0.25) is 0 Å². The van der Waals surface area contributed by atoms with Crippen molar-refractivity contribution in [2.24, 2.45) is 11.5 Å². The molecule has 5 heteroatoms. The molecule has 0 saturated heterocycles. The summed E-state index contributed by atoms with van der Waals surface area (Å²) in [5, 5.41) is 0.342. The SMILES string of the molecule is COc1cccc(SC2CCC(N)(C(N)=O)C2)c1. The molecule has 1 aromatic carbocycles. The maximum absolute atomic E-state index is 11.3. The highest BCUT2D eigenvalue weighted by molar-refractivity contribution is 8.00. The van der Waals surface area contributed by atoms with Crippen LogP contribution in [0.25, 0.3) is 0 Å². The van der Waals surface area contributed by atoms with Crippen molar-refractivity contribution in [3.05, 3.63) is 24.3 Å². The van der Waals surface area contributed by atoms with Crippen molar-refractivity contribution in [2.45, 2.75) is 34.9 Å². The molecule has 0 aliphatic heterocycles. The van der Waals surface area contributed by atoms with Crippen LogP contribution in [0.4, 0.5) is 0 Å². The first-order chi connectivity index (χ1) is 8.53. The van der Waals surface area contributed by atoms with E-state index >= 15 is 0 Å². The number of benzene rings is 1. The van der Waals surface area contributed by atoms with E-state index in [4.69, 9.17) is 16.2 Å². The van der Waals surface area contributed by atoms with E-state index < -0.39 is 11.4 Å². The lowest BCUT2D eigenvalue weighted by atomic mass is 9.99. The molecule has 0 spiro atoms. The van der Waals surface area contributed by atoms with Crippen LogP contribution in [-0.2, 0) is 4.79 Å². The van der Waals surface area contributed by atoms with Gasteiger partial charge in [-0.2, -0.15) is 0 Å². The number of rotatable bonds is 4. The van der Waals surface area contributed by atoms with Crippen LogP contribution in [0.15, 0.2) is 29.2 Å². The first-order valence-electron chi connectivity index (χ1n) is 5.93. The number of methoxy groups -OCH3 is 1. The fourth-order valence-corrected chi connectivity index (χ4v) is 3.56. The van der Waals surface area contributed by atoms with Crippen LogP contribution in [0.3, 0.4) is 0 Å². The summed E-state index contributed by atoms with van der Waals surface area (Å²) in [6.45, 7) is 0. The third-order valence-electron chi connectivity index (χ3n) is 3.34. The number of hydrogen-bond acceptors (Lipinski definition) is 4. The third kappa shape index (κ3) is 2.79. The molecule has 2 atom stereocenters. The monoisotopic (exact) mass is 266 g/mol. The molecule has 0 aromatic heterocycles. The Morgan fingerprint density at radius 3 is 2.94 bits per heavy atom. The molecule has 0 radical (unpaired) electrons. The highest BCUT2D eigenvalue weighted by Gasteiger charge is 2.40. The molecule has 0 bridgehead atoms. The van der Waals surface area contributed by atoms with Crippen LogP contribution < -0.4 is 16.2 Å². The first kappa shape index (κ1) is 13.2. The smallest absolute Gasteiger partial charge is 0.237 e. The molecular formula is C13H18N2O2S. The Bertz CT molecular complexity index is 452. The van der Waals surface area contributed by atoms with Crippen molar-refractivity contribution in [3.8, 4) is 5.75 Å². The van der Waals surface area contributed by atoms with Crippen LogP contribution >= 0.6 is 11.8 Å². The zero-order valence-electron chi connectivity index (χ0n) is 10.4. The second-order valence-corrected chi connectivity index (χ2v) is 6.06. The second kappa shape index (κ2) is 5.20. The van der Waals surface area contributed by atoms with Crippen molar-refractivity contribution in [1.82, 2.24) is 0 Å². The number of carbonyl (C=O) groups is 1. The summed E-state index contributed by atoms with van der Waals surface area (Å²) in [4.78, 5) is 12.4. The summed E-state index contributed by atoms with van der Waals surface area (Å²) in [5.74, 6) is 0.447. The quantitative estimate of drug-likeness (QED) is 0.866. The van der Waals surface area contributed by atoms with Gasteiger partial charge in [0.25, 0.3) is 0 Å². The Balaban J connectivity index is 2.01. The second-order valence-electron chi connectivity index (χ2n) is 4.68. The number of primary amides is 1. The topological polar surface area (TPSA) is 78.3 Å². The highest BCUT2D eigenvalue weighted by atomic mass is 32.2. The van der Waals surface area contributed by atoms with Crippen LogP contribution in [0.1, 0.15) is 19.3 Å². The Morgan fingerprint density at radius 2 is 2.33 bits per heavy atom. The third-order valence-corrected chi connectivity index (χ3v) is 4.60. The van der Waals surface area contributed by atoms with E-state index in [-0.39, 0.29) is 0 Å². The van der Waals surface area contributed by atoms with E-state index in [9.17, 15) is 4.79 Å². The van der Waals surface area contributed by atoms with Gasteiger partial charge in [0, 0.05) is 10.1 Å². The van der Waals surface area contributed by atoms with E-state index in [1.54, 1.807) is 18.9 Å². The van der Waals surface area contributed by atoms with Crippen molar-refractivity contribution in [3.63, 3.8) is 0 Å². The van der Waals surface area contributed by atoms with E-state index in [2.05, 4.69) is 0 Å². The highest BCUT2D eigenvalue weighted by Crippen LogP contribution is 2.39. The summed E-state index contributed by atoms with van der Waals surface area (Å²) >= 11 is 1.73. The average Bonchev–Trinajstić information content (AvgIpc) is 2.72. The zero-order chi connectivity index (χ0) is 13.2. The summed E-state index contributed by atoms with van der Waals surface area (Å²) in [6, 6.07) is 7.90. The van der Waals surface area contributed by atoms with Crippen LogP contribution in [0, 0.1) is 0 Å². The van der Waals surface area contributed by atoms with Gasteiger partial charge in [-0.05, 0) is 37.5 Å². The van der Waals surface area contributed by atoms with Crippen molar-refractivity contribution >= 4 is 17.7 Å². The number of nitrogens with two attached hydrogens (primary N) is 2. The molecule has 1 aromatic rings. The van der Waals surface area contributed by atoms with Gasteiger partial charge in [0.2, 0.25) is 5.91 Å². The average molecular weight is 266 g/mol. The maximum atomic E-state index is 11.3. The molecule has 1 fully saturated rings. The molecule has 4 N–H and O–H groups in total. The number of thioether (sulfide) groups is 1. The standard InChI is InChI=1S/C13H18N2O2S/c1-17-9-3-2-4-10(7-9)18-11-5-6-13(15,8-11)12(14)16/h2-4,7,11H,5-6,8,15H2,1H3,(H2,14,16). The first-order valence-corrected chi connectivity index (χ1v) is 6.81. The largest absolute Gasteiger partial charge is 0.497 e. The molecule has 4 nitrogen and oxygen atoms in total. The van der Waals surface area contributed by atoms with Crippen molar-refractivity contribution in [1.29, 1.82) is 0 Å². The van der Waals surface area contributed by atoms with Crippen LogP contribution in [-0.4, -0.2) is 23.8 Å². The number of amides is 1. The van der Waals surface area contributed by atoms with Gasteiger partial charge in [-0.1, -0.05) is 6.07 Å². The van der Waals surface area contributed by atoms with Crippen molar-refractivity contribution < 1.29 is 9.53 Å². The molecule has 1 amide bonds. The molecule has 98 valence electrons. The molecule has 0 heterocycles. The molecule has 2 unspecified atom stereocenters. The van der Waals surface area contributed by atoms with E-state index in [0.717, 1.165) is 17.1 Å². The lowest BCUT2D eigenvalue weighted by Gasteiger charge is -2.19. The lowest BCUT2D eigenvalue weighted by Crippen LogP contribution is -2.50. The van der Waals surface area contributed by atoms with Gasteiger partial charge in [0.1, 0.15) is 5.75 Å². The van der Waals surface area contributed by atoms with Gasteiger partial charge in [-0.25, -0.2) is 0 Å². The van der Waals surface area contributed by atoms with E-state index in [1.165, 1.54) is 0 Å². The summed E-state index contributed by atoms with van der Waals surface area (Å²) in [6.07, 6.45) is 2.23. The molecule has 1 aliphatic carbocycles. The van der Waals surface area contributed by atoms with Gasteiger partial charge in [-0.3, -0.25) is 4.79 Å². The van der Waals surface area contributed by atoms with Gasteiger partial charge >= 0.3 is 0 Å². The Morgan fingerprint density at radius 1 is 1.56 bits per heavy atom. The van der Waals surface area contributed by atoms with Gasteiger partial charge in [0.05, 0.1) is 12.6 Å². The van der Waals surface area contributed by atoms with Gasteiger partial charge in [-0.15, -0.1) is 11.8 Å². The summed E-state index contributed by atoms with van der Waals surface area (Å²) in [7, 11) is 1.65. The predicted molar refractivity (Wildman–Crippen MR) is 72.6 cm³/mol. The molecule has 1 aliphatic rings. The number of ether oxygens (including phenoxy) is 1. The van der Waals surface area contributed by atoms with Crippen molar-refractivity contribution in [2.75, 3.05) is 7.11 Å². The minimum absolute atomic E-state index is 0.342. The van der Waals surface area contributed by atoms with Gasteiger partial charge in [0.15, 0.2) is 0 Å². The molecule has 18 heavy (non-hydrogen) atoms. The molecule has 1 saturated carbocycles. The zero-order valence-corrected chi connectivity index (χ0v) is 11.2. The fraction of sp³-hybridized carbons (Fsp3) is 0.462. The Labute approximate surface area is 111 Å². The lowest BCUT2D eigenvalue weighted by molar-refractivity contribution is -0.122. The van der Waals surface area contributed by atoms with Crippen LogP contribution in [0.5, 0.6) is 5.75 Å². The number of hydrogen-bond donors (Lipinski definition) is 2. The van der Waals surface area contributed by atoms with E-state index in [0.29, 0.717) is 18.1 Å².